The normalized spacial score (nSPS) is 10.2. The van der Waals surface area contributed by atoms with Crippen LogP contribution in [0.4, 0.5) is 5.69 Å². The fourth-order valence-corrected chi connectivity index (χ4v) is 1.93. The highest BCUT2D eigenvalue weighted by Gasteiger charge is 2.15. The number of amides is 1. The molecule has 0 aliphatic heterocycles. The van der Waals surface area contributed by atoms with Crippen molar-refractivity contribution in [2.24, 2.45) is 0 Å². The van der Waals surface area contributed by atoms with Crippen LogP contribution in [0.5, 0.6) is 11.5 Å². The van der Waals surface area contributed by atoms with E-state index in [1.54, 1.807) is 18.4 Å². The SMILES string of the molecule is COc1cc(OC)c(N)c(C(=O)NCCc2ccco2)c1. The third kappa shape index (κ3) is 3.47. The van der Waals surface area contributed by atoms with Crippen LogP contribution >= 0.6 is 0 Å². The monoisotopic (exact) mass is 290 g/mol. The number of ether oxygens (including phenoxy) is 2. The zero-order valence-electron chi connectivity index (χ0n) is 12.0. The topological polar surface area (TPSA) is 86.7 Å². The molecule has 0 aliphatic carbocycles. The molecule has 2 rings (SSSR count). The van der Waals surface area contributed by atoms with E-state index in [0.717, 1.165) is 5.76 Å². The molecule has 0 unspecified atom stereocenters. The van der Waals surface area contributed by atoms with Gasteiger partial charge in [-0.25, -0.2) is 0 Å². The number of hydrogen-bond acceptors (Lipinski definition) is 5. The van der Waals surface area contributed by atoms with Crippen LogP contribution in [-0.4, -0.2) is 26.7 Å². The van der Waals surface area contributed by atoms with Gasteiger partial charge in [-0.1, -0.05) is 0 Å². The molecule has 0 aliphatic rings. The van der Waals surface area contributed by atoms with E-state index < -0.39 is 0 Å². The van der Waals surface area contributed by atoms with Crippen molar-refractivity contribution in [3.63, 3.8) is 0 Å². The number of furan rings is 1. The number of methoxy groups -OCH3 is 2. The highest BCUT2D eigenvalue weighted by molar-refractivity contribution is 6.00. The van der Waals surface area contributed by atoms with E-state index >= 15 is 0 Å². The third-order valence-electron chi connectivity index (χ3n) is 3.05. The molecule has 0 saturated carbocycles. The molecular weight excluding hydrogens is 272 g/mol. The van der Waals surface area contributed by atoms with E-state index in [2.05, 4.69) is 5.32 Å². The molecule has 0 bridgehead atoms. The lowest BCUT2D eigenvalue weighted by Gasteiger charge is -2.12. The molecule has 3 N–H and O–H groups in total. The number of anilines is 1. The van der Waals surface area contributed by atoms with E-state index in [9.17, 15) is 4.79 Å². The smallest absolute Gasteiger partial charge is 0.253 e. The summed E-state index contributed by atoms with van der Waals surface area (Å²) in [5, 5.41) is 2.79. The maximum absolute atomic E-state index is 12.2. The number of nitrogen functional groups attached to an aromatic ring is 1. The van der Waals surface area contributed by atoms with Crippen molar-refractivity contribution in [3.8, 4) is 11.5 Å². The molecule has 0 spiro atoms. The van der Waals surface area contributed by atoms with E-state index in [1.165, 1.54) is 14.2 Å². The van der Waals surface area contributed by atoms with Crippen LogP contribution in [0.15, 0.2) is 34.9 Å². The van der Waals surface area contributed by atoms with Gasteiger partial charge < -0.3 is 24.9 Å². The molecule has 112 valence electrons. The molecular formula is C15H18N2O4. The summed E-state index contributed by atoms with van der Waals surface area (Å²) in [5.74, 6) is 1.45. The van der Waals surface area contributed by atoms with Gasteiger partial charge in [-0.05, 0) is 18.2 Å². The van der Waals surface area contributed by atoms with Gasteiger partial charge in [0.05, 0.1) is 31.7 Å². The zero-order valence-corrected chi connectivity index (χ0v) is 12.0. The second-order valence-corrected chi connectivity index (χ2v) is 4.38. The Bertz CT molecular complexity index is 608. The number of carbonyl (C=O) groups excluding carboxylic acids is 1. The Morgan fingerprint density at radius 3 is 2.76 bits per heavy atom. The van der Waals surface area contributed by atoms with Gasteiger partial charge in [0.1, 0.15) is 17.3 Å². The maximum Gasteiger partial charge on any atom is 0.253 e. The van der Waals surface area contributed by atoms with Gasteiger partial charge in [0.2, 0.25) is 0 Å². The van der Waals surface area contributed by atoms with Crippen LogP contribution in [-0.2, 0) is 6.42 Å². The van der Waals surface area contributed by atoms with Crippen molar-refractivity contribution >= 4 is 11.6 Å². The summed E-state index contributed by atoms with van der Waals surface area (Å²) < 4.78 is 15.5. The quantitative estimate of drug-likeness (QED) is 0.793. The second-order valence-electron chi connectivity index (χ2n) is 4.38. The first-order chi connectivity index (χ1) is 10.2. The maximum atomic E-state index is 12.2. The predicted octanol–water partition coefficient (Wildman–Crippen LogP) is 1.85. The van der Waals surface area contributed by atoms with Crippen molar-refractivity contribution in [1.29, 1.82) is 0 Å². The lowest BCUT2D eigenvalue weighted by molar-refractivity contribution is 0.0954. The molecule has 0 saturated heterocycles. The molecule has 6 nitrogen and oxygen atoms in total. The Labute approximate surface area is 122 Å². The fraction of sp³-hybridized carbons (Fsp3) is 0.267. The van der Waals surface area contributed by atoms with Gasteiger partial charge in [-0.15, -0.1) is 0 Å². The van der Waals surface area contributed by atoms with Crippen LogP contribution in [0.2, 0.25) is 0 Å². The van der Waals surface area contributed by atoms with Gasteiger partial charge >= 0.3 is 0 Å². The molecule has 1 amide bonds. The number of benzene rings is 1. The lowest BCUT2D eigenvalue weighted by Crippen LogP contribution is -2.26. The van der Waals surface area contributed by atoms with Crippen LogP contribution in [0.25, 0.3) is 0 Å². The Morgan fingerprint density at radius 2 is 2.14 bits per heavy atom. The minimum Gasteiger partial charge on any atom is -0.497 e. The van der Waals surface area contributed by atoms with E-state index in [-0.39, 0.29) is 11.6 Å². The zero-order chi connectivity index (χ0) is 15.2. The lowest BCUT2D eigenvalue weighted by atomic mass is 10.1. The highest BCUT2D eigenvalue weighted by Crippen LogP contribution is 2.30. The number of hydrogen-bond donors (Lipinski definition) is 2. The molecule has 1 aromatic carbocycles. The van der Waals surface area contributed by atoms with Gasteiger partial charge in [0.15, 0.2) is 0 Å². The van der Waals surface area contributed by atoms with Crippen LogP contribution in [0.1, 0.15) is 16.1 Å². The van der Waals surface area contributed by atoms with Crippen molar-refractivity contribution < 1.29 is 18.7 Å². The Balaban J connectivity index is 2.07. The molecule has 1 aromatic heterocycles. The average molecular weight is 290 g/mol. The van der Waals surface area contributed by atoms with Gasteiger partial charge in [-0.2, -0.15) is 0 Å². The van der Waals surface area contributed by atoms with Gasteiger partial charge in [0.25, 0.3) is 5.91 Å². The molecule has 21 heavy (non-hydrogen) atoms. The molecule has 0 fully saturated rings. The Kier molecular flexibility index (Phi) is 4.71. The van der Waals surface area contributed by atoms with Crippen LogP contribution in [0, 0.1) is 0 Å². The molecule has 2 aromatic rings. The summed E-state index contributed by atoms with van der Waals surface area (Å²) in [6, 6.07) is 6.88. The first-order valence-electron chi connectivity index (χ1n) is 6.47. The van der Waals surface area contributed by atoms with Crippen LogP contribution in [0.3, 0.4) is 0 Å². The van der Waals surface area contributed by atoms with Crippen molar-refractivity contribution in [1.82, 2.24) is 5.32 Å². The number of rotatable bonds is 6. The summed E-state index contributed by atoms with van der Waals surface area (Å²) in [5.41, 5.74) is 6.54. The summed E-state index contributed by atoms with van der Waals surface area (Å²) in [4.78, 5) is 12.2. The number of nitrogens with two attached hydrogens (primary N) is 1. The minimum atomic E-state index is -0.281. The van der Waals surface area contributed by atoms with E-state index in [4.69, 9.17) is 19.6 Å². The summed E-state index contributed by atoms with van der Waals surface area (Å²) in [6.07, 6.45) is 2.21. The summed E-state index contributed by atoms with van der Waals surface area (Å²) in [6.45, 7) is 0.450. The minimum absolute atomic E-state index is 0.281. The van der Waals surface area contributed by atoms with E-state index in [1.807, 2.05) is 12.1 Å². The van der Waals surface area contributed by atoms with Crippen molar-refractivity contribution in [3.05, 3.63) is 41.9 Å². The van der Waals surface area contributed by atoms with Crippen molar-refractivity contribution in [2.45, 2.75) is 6.42 Å². The highest BCUT2D eigenvalue weighted by atomic mass is 16.5. The van der Waals surface area contributed by atoms with E-state index in [0.29, 0.717) is 30.0 Å². The van der Waals surface area contributed by atoms with Gasteiger partial charge in [0, 0.05) is 19.0 Å². The van der Waals surface area contributed by atoms with Gasteiger partial charge in [-0.3, -0.25) is 4.79 Å². The molecule has 0 radical (unpaired) electrons. The number of carbonyl (C=O) groups is 1. The molecule has 1 heterocycles. The summed E-state index contributed by atoms with van der Waals surface area (Å²) in [7, 11) is 3.01. The first kappa shape index (κ1) is 14.8. The average Bonchev–Trinajstić information content (AvgIpc) is 3.00. The predicted molar refractivity (Wildman–Crippen MR) is 78.7 cm³/mol. The largest absolute Gasteiger partial charge is 0.497 e. The summed E-state index contributed by atoms with van der Waals surface area (Å²) >= 11 is 0. The van der Waals surface area contributed by atoms with Crippen LogP contribution < -0.4 is 20.5 Å². The molecule has 6 heteroatoms. The second kappa shape index (κ2) is 6.69. The van der Waals surface area contributed by atoms with Crippen molar-refractivity contribution in [2.75, 3.05) is 26.5 Å². The fourth-order valence-electron chi connectivity index (χ4n) is 1.93. The first-order valence-corrected chi connectivity index (χ1v) is 6.47. The molecule has 0 atom stereocenters. The third-order valence-corrected chi connectivity index (χ3v) is 3.05. The Morgan fingerprint density at radius 1 is 1.33 bits per heavy atom. The number of nitrogens with one attached hydrogen (secondary N) is 1. The Hall–Kier alpha value is -2.63. The standard InChI is InChI=1S/C15H18N2O4/c1-19-11-8-12(14(16)13(9-11)20-2)15(18)17-6-5-10-4-3-7-21-10/h3-4,7-9H,5-6,16H2,1-2H3,(H,17,18).